The first kappa shape index (κ1) is 13.3. The fourth-order valence-electron chi connectivity index (χ4n) is 0.667. The van der Waals surface area contributed by atoms with Crippen LogP contribution in [-0.2, 0) is 0 Å². The number of aromatic nitrogens is 1. The van der Waals surface area contributed by atoms with E-state index in [4.69, 9.17) is 5.73 Å². The minimum atomic E-state index is 0. The van der Waals surface area contributed by atoms with E-state index in [9.17, 15) is 0 Å². The van der Waals surface area contributed by atoms with Crippen LogP contribution in [0.25, 0.3) is 0 Å². The van der Waals surface area contributed by atoms with E-state index in [2.05, 4.69) is 4.98 Å². The molecule has 0 amide bonds. The molecule has 1 aromatic rings. The highest BCUT2D eigenvalue weighted by Gasteiger charge is 1.94. The number of hydrogen-bond donors (Lipinski definition) is 1. The topological polar surface area (TPSA) is 38.9 Å². The Bertz CT molecular complexity index is 177. The molecule has 0 radical (unpaired) electrons. The smallest absolute Gasteiger partial charge is 0.0271 e. The van der Waals surface area contributed by atoms with E-state index in [-0.39, 0.29) is 30.9 Å². The third kappa shape index (κ3) is 4.19. The summed E-state index contributed by atoms with van der Waals surface area (Å²) in [6.45, 7) is 1.95. The Morgan fingerprint density at radius 3 is 2.00 bits per heavy atom. The number of hydrogen-bond acceptors (Lipinski definition) is 2. The van der Waals surface area contributed by atoms with Crippen molar-refractivity contribution in [2.45, 2.75) is 13.0 Å². The lowest BCUT2D eigenvalue weighted by atomic mass is 10.1. The van der Waals surface area contributed by atoms with Gasteiger partial charge in [-0.15, -0.1) is 24.8 Å². The van der Waals surface area contributed by atoms with Crippen LogP contribution in [0.15, 0.2) is 24.5 Å². The molecular formula is C7H12Cl2N2. The average molecular weight is 195 g/mol. The molecule has 4 heteroatoms. The Morgan fingerprint density at radius 1 is 1.27 bits per heavy atom. The highest BCUT2D eigenvalue weighted by atomic mass is 35.5. The molecule has 0 saturated carbocycles. The SMILES string of the molecule is CC(N)c1ccncc1.Cl.Cl. The van der Waals surface area contributed by atoms with Gasteiger partial charge in [-0.1, -0.05) is 0 Å². The van der Waals surface area contributed by atoms with Crippen molar-refractivity contribution in [3.63, 3.8) is 0 Å². The van der Waals surface area contributed by atoms with Gasteiger partial charge in [-0.3, -0.25) is 4.98 Å². The number of halogens is 2. The quantitative estimate of drug-likeness (QED) is 0.743. The van der Waals surface area contributed by atoms with E-state index in [0.29, 0.717) is 0 Å². The number of rotatable bonds is 1. The second-order valence-electron chi connectivity index (χ2n) is 2.07. The zero-order valence-electron chi connectivity index (χ0n) is 6.23. The van der Waals surface area contributed by atoms with Gasteiger partial charge in [0, 0.05) is 18.4 Å². The summed E-state index contributed by atoms with van der Waals surface area (Å²) >= 11 is 0. The second kappa shape index (κ2) is 6.40. The van der Waals surface area contributed by atoms with Crippen LogP contribution < -0.4 is 5.73 Å². The van der Waals surface area contributed by atoms with Crippen LogP contribution in [0, 0.1) is 0 Å². The molecule has 0 bridgehead atoms. The molecule has 1 aromatic heterocycles. The fraction of sp³-hybridized carbons (Fsp3) is 0.286. The van der Waals surface area contributed by atoms with Gasteiger partial charge in [0.1, 0.15) is 0 Å². The molecule has 1 atom stereocenters. The predicted molar refractivity (Wildman–Crippen MR) is 51.3 cm³/mol. The van der Waals surface area contributed by atoms with Crippen molar-refractivity contribution in [3.05, 3.63) is 30.1 Å². The van der Waals surface area contributed by atoms with Crippen LogP contribution in [0.3, 0.4) is 0 Å². The standard InChI is InChI=1S/C7H10N2.2ClH/c1-6(8)7-2-4-9-5-3-7;;/h2-6H,8H2,1H3;2*1H. The van der Waals surface area contributed by atoms with Gasteiger partial charge in [-0.05, 0) is 24.6 Å². The van der Waals surface area contributed by atoms with E-state index in [1.165, 1.54) is 0 Å². The maximum Gasteiger partial charge on any atom is 0.0271 e. The maximum absolute atomic E-state index is 5.59. The van der Waals surface area contributed by atoms with Gasteiger partial charge in [0.25, 0.3) is 0 Å². The molecule has 1 heterocycles. The van der Waals surface area contributed by atoms with Gasteiger partial charge >= 0.3 is 0 Å². The summed E-state index contributed by atoms with van der Waals surface area (Å²) in [7, 11) is 0. The fourth-order valence-corrected chi connectivity index (χ4v) is 0.667. The third-order valence-electron chi connectivity index (χ3n) is 1.23. The summed E-state index contributed by atoms with van der Waals surface area (Å²) in [5, 5.41) is 0. The lowest BCUT2D eigenvalue weighted by Gasteiger charge is -2.01. The molecule has 64 valence electrons. The lowest BCUT2D eigenvalue weighted by Crippen LogP contribution is -2.04. The Balaban J connectivity index is 0. The summed E-state index contributed by atoms with van der Waals surface area (Å²) in [5.41, 5.74) is 6.72. The van der Waals surface area contributed by atoms with Crippen molar-refractivity contribution < 1.29 is 0 Å². The van der Waals surface area contributed by atoms with Crippen molar-refractivity contribution in [3.8, 4) is 0 Å². The highest BCUT2D eigenvalue weighted by Crippen LogP contribution is 2.05. The summed E-state index contributed by atoms with van der Waals surface area (Å²) in [5.74, 6) is 0. The van der Waals surface area contributed by atoms with Gasteiger partial charge in [-0.2, -0.15) is 0 Å². The molecule has 1 unspecified atom stereocenters. The Hall–Kier alpha value is -0.310. The van der Waals surface area contributed by atoms with Crippen LogP contribution in [0.2, 0.25) is 0 Å². The molecule has 0 aromatic carbocycles. The first-order valence-corrected chi connectivity index (χ1v) is 2.96. The molecule has 0 aliphatic heterocycles. The van der Waals surface area contributed by atoms with Crippen LogP contribution >= 0.6 is 24.8 Å². The van der Waals surface area contributed by atoms with E-state index in [1.807, 2.05) is 19.1 Å². The molecule has 0 saturated heterocycles. The summed E-state index contributed by atoms with van der Waals surface area (Å²) in [4.78, 5) is 3.87. The Kier molecular flexibility index (Phi) is 7.74. The van der Waals surface area contributed by atoms with Crippen LogP contribution in [0.4, 0.5) is 0 Å². The molecule has 0 spiro atoms. The summed E-state index contributed by atoms with van der Waals surface area (Å²) in [6.07, 6.45) is 3.50. The zero-order valence-corrected chi connectivity index (χ0v) is 7.86. The van der Waals surface area contributed by atoms with Crippen LogP contribution in [0.5, 0.6) is 0 Å². The number of pyridine rings is 1. The van der Waals surface area contributed by atoms with Gasteiger partial charge in [0.15, 0.2) is 0 Å². The Morgan fingerprint density at radius 2 is 1.73 bits per heavy atom. The lowest BCUT2D eigenvalue weighted by molar-refractivity contribution is 0.815. The van der Waals surface area contributed by atoms with E-state index >= 15 is 0 Å². The molecule has 0 aliphatic carbocycles. The summed E-state index contributed by atoms with van der Waals surface area (Å²) < 4.78 is 0. The molecule has 2 N–H and O–H groups in total. The van der Waals surface area contributed by atoms with Crippen molar-refractivity contribution in [1.29, 1.82) is 0 Å². The average Bonchev–Trinajstić information content (AvgIpc) is 1.90. The number of nitrogens with two attached hydrogens (primary N) is 1. The first-order chi connectivity index (χ1) is 4.30. The van der Waals surface area contributed by atoms with E-state index in [1.54, 1.807) is 12.4 Å². The third-order valence-corrected chi connectivity index (χ3v) is 1.23. The zero-order chi connectivity index (χ0) is 6.69. The molecular weight excluding hydrogens is 183 g/mol. The molecule has 11 heavy (non-hydrogen) atoms. The Labute approximate surface area is 79.0 Å². The van der Waals surface area contributed by atoms with Gasteiger partial charge in [-0.25, -0.2) is 0 Å². The highest BCUT2D eigenvalue weighted by molar-refractivity contribution is 5.85. The van der Waals surface area contributed by atoms with Crippen molar-refractivity contribution >= 4 is 24.8 Å². The first-order valence-electron chi connectivity index (χ1n) is 2.96. The van der Waals surface area contributed by atoms with Gasteiger partial charge in [0.05, 0.1) is 0 Å². The van der Waals surface area contributed by atoms with Crippen molar-refractivity contribution in [2.75, 3.05) is 0 Å². The van der Waals surface area contributed by atoms with E-state index in [0.717, 1.165) is 5.56 Å². The largest absolute Gasteiger partial charge is 0.324 e. The number of nitrogens with zero attached hydrogens (tertiary/aromatic N) is 1. The van der Waals surface area contributed by atoms with Crippen molar-refractivity contribution in [1.82, 2.24) is 4.98 Å². The molecule has 0 fully saturated rings. The molecule has 0 aliphatic rings. The molecule has 1 rings (SSSR count). The maximum atomic E-state index is 5.59. The van der Waals surface area contributed by atoms with Crippen LogP contribution in [0.1, 0.15) is 18.5 Å². The minimum absolute atomic E-state index is 0. The van der Waals surface area contributed by atoms with E-state index < -0.39 is 0 Å². The van der Waals surface area contributed by atoms with Gasteiger partial charge < -0.3 is 5.73 Å². The van der Waals surface area contributed by atoms with Crippen LogP contribution in [-0.4, -0.2) is 4.98 Å². The van der Waals surface area contributed by atoms with Crippen molar-refractivity contribution in [2.24, 2.45) is 5.73 Å². The van der Waals surface area contributed by atoms with Gasteiger partial charge in [0.2, 0.25) is 0 Å². The molecule has 2 nitrogen and oxygen atoms in total. The normalized spacial score (nSPS) is 10.7. The summed E-state index contributed by atoms with van der Waals surface area (Å²) in [6, 6.07) is 3.96. The minimum Gasteiger partial charge on any atom is -0.324 e. The monoisotopic (exact) mass is 194 g/mol. The predicted octanol–water partition coefficient (Wildman–Crippen LogP) is 1.94. The second-order valence-corrected chi connectivity index (χ2v) is 2.07.